The summed E-state index contributed by atoms with van der Waals surface area (Å²) in [6.45, 7) is 2.12. The van der Waals surface area contributed by atoms with E-state index in [-0.39, 0.29) is 0 Å². The molecule has 135 valence electrons. The molecule has 8 bridgehead atoms. The molecule has 20 heteroatoms. The van der Waals surface area contributed by atoms with Crippen LogP contribution in [0.4, 0.5) is 0 Å². The maximum atomic E-state index is 6.14. The van der Waals surface area contributed by atoms with Crippen molar-refractivity contribution in [3.8, 4) is 0 Å². The van der Waals surface area contributed by atoms with Crippen LogP contribution in [-0.4, -0.2) is 75.5 Å². The SMILES string of the molecule is CCCCC[Si]12O[Si]3O[Si]4O[Si]5O[Si](O3)O[Si](O[Si](O5)O[Si](O4)O1)O2. The Kier molecular flexibility index (Phi) is 5.55. The van der Waals surface area contributed by atoms with E-state index in [1.54, 1.807) is 0 Å². The lowest BCUT2D eigenvalue weighted by Gasteiger charge is -2.45. The number of rotatable bonds is 4. The maximum Gasteiger partial charge on any atom is 0.553 e. The van der Waals surface area contributed by atoms with E-state index in [1.807, 2.05) is 0 Å². The standard InChI is InChI=1S/C5H11O12Si8/c1-2-3-4-5-25-15-22-9-19-6-18-7-20(11-22)13-24(17-25)14-21(8-18)12-23(10-19)16-25/h2-5H2,1H3. The molecular formula is C5H11O12Si8. The molecule has 0 aromatic carbocycles. The van der Waals surface area contributed by atoms with E-state index < -0.39 is 75.5 Å². The quantitative estimate of drug-likeness (QED) is 0.332. The summed E-state index contributed by atoms with van der Waals surface area (Å²) < 4.78 is 70.4. The van der Waals surface area contributed by atoms with E-state index >= 15 is 0 Å². The third-order valence-corrected chi connectivity index (χ3v) is 22.0. The Morgan fingerprint density at radius 2 is 0.880 bits per heavy atom. The first-order chi connectivity index (χ1) is 12.2. The molecule has 0 atom stereocenters. The van der Waals surface area contributed by atoms with Gasteiger partial charge < -0.3 is 49.4 Å². The van der Waals surface area contributed by atoms with E-state index in [9.17, 15) is 0 Å². The average molecular weight is 488 g/mol. The predicted octanol–water partition coefficient (Wildman–Crippen LogP) is -1.72. The summed E-state index contributed by atoms with van der Waals surface area (Å²) in [6.07, 6.45) is 2.94. The summed E-state index contributed by atoms with van der Waals surface area (Å²) >= 11 is 0. The Hall–Kier alpha value is 1.26. The molecule has 6 fully saturated rings. The number of hydrogen-bond acceptors (Lipinski definition) is 12. The highest BCUT2D eigenvalue weighted by molar-refractivity contribution is 6.86. The van der Waals surface area contributed by atoms with Crippen LogP contribution in [0.1, 0.15) is 26.2 Å². The molecule has 0 unspecified atom stereocenters. The lowest BCUT2D eigenvalue weighted by Crippen LogP contribution is -2.72. The molecule has 0 spiro atoms. The van der Waals surface area contributed by atoms with Crippen molar-refractivity contribution >= 4 is 75.5 Å². The van der Waals surface area contributed by atoms with Gasteiger partial charge in [-0.2, -0.15) is 0 Å². The van der Waals surface area contributed by atoms with Gasteiger partial charge in [0.25, 0.3) is 0 Å². The van der Waals surface area contributed by atoms with Gasteiger partial charge in [-0.25, -0.2) is 0 Å². The summed E-state index contributed by atoms with van der Waals surface area (Å²) in [5.74, 6) is 0. The van der Waals surface area contributed by atoms with Gasteiger partial charge in [-0.3, -0.25) is 0 Å². The molecule has 6 saturated heterocycles. The largest absolute Gasteiger partial charge is 0.553 e. The molecule has 6 aliphatic rings. The second kappa shape index (κ2) is 7.59. The zero-order valence-corrected chi connectivity index (χ0v) is 20.7. The van der Waals surface area contributed by atoms with Crippen molar-refractivity contribution in [1.82, 2.24) is 0 Å². The van der Waals surface area contributed by atoms with Gasteiger partial charge in [0.15, 0.2) is 0 Å². The highest BCUT2D eigenvalue weighted by Gasteiger charge is 2.64. The van der Waals surface area contributed by atoms with Crippen LogP contribution in [0.15, 0.2) is 0 Å². The van der Waals surface area contributed by atoms with Crippen molar-refractivity contribution in [3.63, 3.8) is 0 Å². The molecule has 6 heterocycles. The van der Waals surface area contributed by atoms with Crippen LogP contribution in [0, 0.1) is 0 Å². The molecule has 6 aliphatic heterocycles. The average Bonchev–Trinajstić information content (AvgIpc) is 2.42. The first-order valence-electron chi connectivity index (χ1n) is 7.46. The van der Waals surface area contributed by atoms with Gasteiger partial charge in [-0.15, -0.1) is 0 Å². The topological polar surface area (TPSA) is 111 Å². The van der Waals surface area contributed by atoms with Gasteiger partial charge in [0.1, 0.15) is 0 Å². The highest BCUT2D eigenvalue weighted by atomic mass is 28.6. The van der Waals surface area contributed by atoms with Crippen molar-refractivity contribution in [3.05, 3.63) is 0 Å². The molecule has 6 rings (SSSR count). The van der Waals surface area contributed by atoms with E-state index in [4.69, 9.17) is 49.4 Å². The van der Waals surface area contributed by atoms with E-state index in [0.717, 1.165) is 19.3 Å². The minimum atomic E-state index is -3.21. The molecule has 25 heavy (non-hydrogen) atoms. The molecule has 0 aliphatic carbocycles. The highest BCUT2D eigenvalue weighted by Crippen LogP contribution is 2.32. The Morgan fingerprint density at radius 1 is 0.520 bits per heavy atom. The Morgan fingerprint density at radius 3 is 1.24 bits per heavy atom. The summed E-state index contributed by atoms with van der Waals surface area (Å²) in [5.41, 5.74) is 0. The lowest BCUT2D eigenvalue weighted by molar-refractivity contribution is 0.0304. The Bertz CT molecular complexity index is 424. The van der Waals surface area contributed by atoms with Crippen molar-refractivity contribution in [2.24, 2.45) is 0 Å². The molecule has 0 aromatic rings. The molecular weight excluding hydrogens is 477 g/mol. The second-order valence-corrected chi connectivity index (χ2v) is 20.3. The second-order valence-electron chi connectivity index (χ2n) is 5.11. The smallest absolute Gasteiger partial charge is 0.371 e. The van der Waals surface area contributed by atoms with Crippen LogP contribution < -0.4 is 0 Å². The van der Waals surface area contributed by atoms with Crippen molar-refractivity contribution in [2.75, 3.05) is 0 Å². The predicted molar refractivity (Wildman–Crippen MR) is 83.4 cm³/mol. The fourth-order valence-electron chi connectivity index (χ4n) is 2.24. The van der Waals surface area contributed by atoms with Crippen molar-refractivity contribution in [1.29, 1.82) is 0 Å². The Labute approximate surface area is 157 Å². The van der Waals surface area contributed by atoms with Crippen LogP contribution in [0.5, 0.6) is 0 Å². The molecule has 0 aromatic heterocycles. The van der Waals surface area contributed by atoms with Gasteiger partial charge in [0, 0.05) is 6.04 Å². The summed E-state index contributed by atoms with van der Waals surface area (Å²) in [6, 6.07) is 0.577. The summed E-state index contributed by atoms with van der Waals surface area (Å²) in [7, 11) is -18.9. The van der Waals surface area contributed by atoms with Crippen LogP contribution >= 0.6 is 0 Å². The molecule has 12 nitrogen and oxygen atoms in total. The van der Waals surface area contributed by atoms with Gasteiger partial charge in [-0.05, 0) is 6.42 Å². The third-order valence-electron chi connectivity index (χ3n) is 3.30. The normalized spacial score (nSPS) is 32.5. The van der Waals surface area contributed by atoms with Gasteiger partial charge in [0.05, 0.1) is 0 Å². The number of hydrogen-bond donors (Lipinski definition) is 0. The first-order valence-corrected chi connectivity index (χ1v) is 18.0. The van der Waals surface area contributed by atoms with Crippen LogP contribution in [-0.2, 0) is 49.4 Å². The monoisotopic (exact) mass is 487 g/mol. The van der Waals surface area contributed by atoms with E-state index in [2.05, 4.69) is 6.92 Å². The molecule has 0 saturated carbocycles. The summed E-state index contributed by atoms with van der Waals surface area (Å²) in [5, 5.41) is 0. The van der Waals surface area contributed by atoms with Gasteiger partial charge in [-0.1, -0.05) is 19.8 Å². The third kappa shape index (κ3) is 4.02. The summed E-state index contributed by atoms with van der Waals surface area (Å²) in [4.78, 5) is 0. The first kappa shape index (κ1) is 18.3. The minimum Gasteiger partial charge on any atom is -0.371 e. The molecule has 7 radical (unpaired) electrons. The molecule has 0 amide bonds. The Balaban J connectivity index is 1.50. The van der Waals surface area contributed by atoms with E-state index in [1.165, 1.54) is 0 Å². The zero-order valence-electron chi connectivity index (χ0n) is 12.7. The van der Waals surface area contributed by atoms with Gasteiger partial charge >= 0.3 is 75.5 Å². The zero-order chi connectivity index (χ0) is 16.9. The molecule has 0 N–H and O–H groups in total. The number of unbranched alkanes of at least 4 members (excludes halogenated alkanes) is 2. The van der Waals surface area contributed by atoms with E-state index in [0.29, 0.717) is 6.04 Å². The fraction of sp³-hybridized carbons (Fsp3) is 1.00. The van der Waals surface area contributed by atoms with Gasteiger partial charge in [0.2, 0.25) is 0 Å². The maximum absolute atomic E-state index is 6.14. The van der Waals surface area contributed by atoms with Crippen molar-refractivity contribution in [2.45, 2.75) is 32.2 Å². The van der Waals surface area contributed by atoms with Crippen molar-refractivity contribution < 1.29 is 49.4 Å². The minimum absolute atomic E-state index is 0.577. The van der Waals surface area contributed by atoms with Crippen LogP contribution in [0.2, 0.25) is 6.04 Å². The lowest BCUT2D eigenvalue weighted by atomic mass is 10.3. The van der Waals surface area contributed by atoms with Crippen LogP contribution in [0.25, 0.3) is 0 Å². The fourth-order valence-corrected chi connectivity index (χ4v) is 25.1. The van der Waals surface area contributed by atoms with Crippen LogP contribution in [0.3, 0.4) is 0 Å².